The number of hydrogen-bond donors (Lipinski definition) is 2. The maximum Gasteiger partial charge on any atom is 0.313 e. The first-order chi connectivity index (χ1) is 14.5. The Labute approximate surface area is 174 Å². The van der Waals surface area contributed by atoms with Gasteiger partial charge in [0.1, 0.15) is 18.4 Å². The smallest absolute Gasteiger partial charge is 0.313 e. The summed E-state index contributed by atoms with van der Waals surface area (Å²) < 4.78 is 6.88. The molecule has 2 amide bonds. The van der Waals surface area contributed by atoms with Crippen LogP contribution in [-0.2, 0) is 9.59 Å². The molecule has 0 aliphatic carbocycles. The summed E-state index contributed by atoms with van der Waals surface area (Å²) in [5, 5.41) is 12.8. The van der Waals surface area contributed by atoms with Crippen LogP contribution in [0.3, 0.4) is 0 Å². The monoisotopic (exact) mass is 408 g/mol. The highest BCUT2D eigenvalue weighted by molar-refractivity contribution is 6.39. The summed E-state index contributed by atoms with van der Waals surface area (Å²) in [6.07, 6.45) is 3.10. The number of nitrogens with one attached hydrogen (secondary N) is 2. The minimum Gasteiger partial charge on any atom is -0.497 e. The largest absolute Gasteiger partial charge is 0.497 e. The molecule has 2 aromatic carbocycles. The van der Waals surface area contributed by atoms with Crippen molar-refractivity contribution in [3.05, 3.63) is 66.7 Å². The second-order valence-corrected chi connectivity index (χ2v) is 6.84. The summed E-state index contributed by atoms with van der Waals surface area (Å²) in [7, 11) is 5.44. The van der Waals surface area contributed by atoms with Crippen LogP contribution in [0, 0.1) is 0 Å². The third kappa shape index (κ3) is 5.21. The van der Waals surface area contributed by atoms with Gasteiger partial charge in [-0.15, -0.1) is 10.2 Å². The summed E-state index contributed by atoms with van der Waals surface area (Å²) >= 11 is 0. The number of hydrogen-bond acceptors (Lipinski definition) is 6. The number of carbonyl (C=O) groups excluding carboxylic acids is 2. The number of methoxy groups -OCH3 is 1. The average molecular weight is 408 g/mol. The van der Waals surface area contributed by atoms with Crippen molar-refractivity contribution in [1.82, 2.24) is 25.0 Å². The van der Waals surface area contributed by atoms with Crippen molar-refractivity contribution in [3.63, 3.8) is 0 Å². The third-order valence-corrected chi connectivity index (χ3v) is 4.61. The molecule has 156 valence electrons. The molecular formula is C21H24N6O3. The molecule has 3 rings (SSSR count). The molecule has 1 unspecified atom stereocenters. The molecule has 0 bridgehead atoms. The van der Waals surface area contributed by atoms with Crippen molar-refractivity contribution in [1.29, 1.82) is 0 Å². The van der Waals surface area contributed by atoms with Crippen LogP contribution < -0.4 is 15.4 Å². The molecule has 0 radical (unpaired) electrons. The van der Waals surface area contributed by atoms with Crippen LogP contribution in [0.15, 0.2) is 61.2 Å². The van der Waals surface area contributed by atoms with Crippen LogP contribution in [0.5, 0.6) is 5.75 Å². The Balaban J connectivity index is 1.60. The number of aromatic nitrogens is 3. The zero-order valence-corrected chi connectivity index (χ0v) is 17.1. The van der Waals surface area contributed by atoms with E-state index in [0.29, 0.717) is 5.69 Å². The number of ether oxygens (including phenoxy) is 1. The zero-order chi connectivity index (χ0) is 21.5. The van der Waals surface area contributed by atoms with E-state index in [1.54, 1.807) is 42.5 Å². The highest BCUT2D eigenvalue weighted by Crippen LogP contribution is 2.20. The lowest BCUT2D eigenvalue weighted by molar-refractivity contribution is -0.136. The van der Waals surface area contributed by atoms with Gasteiger partial charge in [-0.05, 0) is 50.0 Å². The Hall–Kier alpha value is -3.72. The summed E-state index contributed by atoms with van der Waals surface area (Å²) in [5.41, 5.74) is 2.27. The molecule has 0 saturated heterocycles. The number of benzene rings is 2. The van der Waals surface area contributed by atoms with Crippen LogP contribution >= 0.6 is 0 Å². The van der Waals surface area contributed by atoms with Crippen LogP contribution in [0.1, 0.15) is 11.6 Å². The van der Waals surface area contributed by atoms with Gasteiger partial charge in [-0.2, -0.15) is 0 Å². The number of rotatable bonds is 7. The van der Waals surface area contributed by atoms with Crippen LogP contribution in [0.25, 0.3) is 5.69 Å². The summed E-state index contributed by atoms with van der Waals surface area (Å²) in [6, 6.07) is 14.6. The molecule has 1 aromatic heterocycles. The second-order valence-electron chi connectivity index (χ2n) is 6.84. The molecule has 0 saturated carbocycles. The van der Waals surface area contributed by atoms with E-state index in [9.17, 15) is 9.59 Å². The van der Waals surface area contributed by atoms with Crippen molar-refractivity contribution < 1.29 is 14.3 Å². The van der Waals surface area contributed by atoms with Crippen LogP contribution in [0.4, 0.5) is 5.69 Å². The number of anilines is 1. The molecule has 3 aromatic rings. The van der Waals surface area contributed by atoms with Crippen molar-refractivity contribution in [2.45, 2.75) is 6.04 Å². The molecular weight excluding hydrogens is 384 g/mol. The highest BCUT2D eigenvalue weighted by Gasteiger charge is 2.19. The fraction of sp³-hybridized carbons (Fsp3) is 0.238. The molecule has 0 aliphatic rings. The SMILES string of the molecule is COc1ccc(C(CNC(=O)C(=O)Nc2cccc(-n3cnnc3)c2)N(C)C)cc1. The Bertz CT molecular complexity index is 986. The molecule has 2 N–H and O–H groups in total. The lowest BCUT2D eigenvalue weighted by Gasteiger charge is -2.25. The molecule has 0 spiro atoms. The van der Waals surface area contributed by atoms with E-state index in [1.807, 2.05) is 49.3 Å². The molecule has 9 nitrogen and oxygen atoms in total. The standard InChI is InChI=1S/C21H24N6O3/c1-26(2)19(15-7-9-18(30-3)10-8-15)12-22-20(28)21(29)25-16-5-4-6-17(11-16)27-13-23-24-14-27/h4-11,13-14,19H,12H2,1-3H3,(H,22,28)(H,25,29). The Morgan fingerprint density at radius 3 is 2.40 bits per heavy atom. The van der Waals surface area contributed by atoms with Crippen molar-refractivity contribution in [3.8, 4) is 11.4 Å². The average Bonchev–Trinajstić information content (AvgIpc) is 3.29. The van der Waals surface area contributed by atoms with E-state index in [4.69, 9.17) is 4.74 Å². The molecule has 30 heavy (non-hydrogen) atoms. The lowest BCUT2D eigenvalue weighted by Crippen LogP contribution is -2.40. The van der Waals surface area contributed by atoms with Crippen molar-refractivity contribution in [2.75, 3.05) is 33.1 Å². The van der Waals surface area contributed by atoms with Gasteiger partial charge < -0.3 is 20.3 Å². The van der Waals surface area contributed by atoms with E-state index in [1.165, 1.54) is 0 Å². The van der Waals surface area contributed by atoms with Gasteiger partial charge in [-0.25, -0.2) is 0 Å². The van der Waals surface area contributed by atoms with Gasteiger partial charge in [0.25, 0.3) is 0 Å². The molecule has 1 heterocycles. The number of amides is 2. The molecule has 1 atom stereocenters. The summed E-state index contributed by atoms with van der Waals surface area (Å²) in [5.74, 6) is -0.679. The van der Waals surface area contributed by atoms with E-state index >= 15 is 0 Å². The third-order valence-electron chi connectivity index (χ3n) is 4.61. The van der Waals surface area contributed by atoms with Gasteiger partial charge in [0.2, 0.25) is 0 Å². The van der Waals surface area contributed by atoms with Gasteiger partial charge in [0, 0.05) is 12.2 Å². The maximum atomic E-state index is 12.3. The van der Waals surface area contributed by atoms with E-state index in [0.717, 1.165) is 17.0 Å². The van der Waals surface area contributed by atoms with Gasteiger partial charge in [-0.3, -0.25) is 14.2 Å². The number of nitrogens with zero attached hydrogens (tertiary/aromatic N) is 4. The van der Waals surface area contributed by atoms with E-state index < -0.39 is 11.8 Å². The zero-order valence-electron chi connectivity index (χ0n) is 17.1. The first-order valence-corrected chi connectivity index (χ1v) is 9.32. The number of likely N-dealkylation sites (N-methyl/N-ethyl adjacent to an activating group) is 1. The highest BCUT2D eigenvalue weighted by atomic mass is 16.5. The van der Waals surface area contributed by atoms with Gasteiger partial charge in [0.05, 0.1) is 18.8 Å². The van der Waals surface area contributed by atoms with Gasteiger partial charge in [0.15, 0.2) is 0 Å². The lowest BCUT2D eigenvalue weighted by atomic mass is 10.1. The van der Waals surface area contributed by atoms with Crippen LogP contribution in [0.2, 0.25) is 0 Å². The maximum absolute atomic E-state index is 12.3. The summed E-state index contributed by atoms with van der Waals surface area (Å²) in [4.78, 5) is 26.6. The topological polar surface area (TPSA) is 101 Å². The molecule has 0 fully saturated rings. The van der Waals surface area contributed by atoms with Crippen molar-refractivity contribution >= 4 is 17.5 Å². The Kier molecular flexibility index (Phi) is 6.76. The predicted molar refractivity (Wildman–Crippen MR) is 112 cm³/mol. The quantitative estimate of drug-likeness (QED) is 0.577. The Morgan fingerprint density at radius 1 is 1.07 bits per heavy atom. The summed E-state index contributed by atoms with van der Waals surface area (Å²) in [6.45, 7) is 0.284. The second kappa shape index (κ2) is 9.66. The molecule has 0 aliphatic heterocycles. The van der Waals surface area contributed by atoms with Crippen LogP contribution in [-0.4, -0.2) is 59.2 Å². The van der Waals surface area contributed by atoms with E-state index in [2.05, 4.69) is 20.8 Å². The minimum absolute atomic E-state index is 0.0928. The van der Waals surface area contributed by atoms with Gasteiger partial charge in [-0.1, -0.05) is 18.2 Å². The fourth-order valence-corrected chi connectivity index (χ4v) is 2.96. The first kappa shape index (κ1) is 21.0. The van der Waals surface area contributed by atoms with E-state index in [-0.39, 0.29) is 12.6 Å². The predicted octanol–water partition coefficient (Wildman–Crippen LogP) is 1.63. The fourth-order valence-electron chi connectivity index (χ4n) is 2.96. The Morgan fingerprint density at radius 2 is 1.77 bits per heavy atom. The molecule has 9 heteroatoms. The first-order valence-electron chi connectivity index (χ1n) is 9.32. The normalized spacial score (nSPS) is 11.7. The van der Waals surface area contributed by atoms with Gasteiger partial charge >= 0.3 is 11.8 Å². The minimum atomic E-state index is -0.733. The van der Waals surface area contributed by atoms with Crippen molar-refractivity contribution in [2.24, 2.45) is 0 Å². The number of carbonyl (C=O) groups is 2.